The maximum absolute atomic E-state index is 2.75. The van der Waals surface area contributed by atoms with Gasteiger partial charge in [0.05, 0.1) is 9.11 Å². The molecular weight excluding hydrogens is 816 g/mol. The second-order valence-corrected chi connectivity index (χ2v) is 18.7. The fourth-order valence-corrected chi connectivity index (χ4v) is 12.0. The molecule has 0 aromatic heterocycles. The lowest BCUT2D eigenvalue weighted by atomic mass is 9.73. The lowest BCUT2D eigenvalue weighted by Gasteiger charge is -2.39. The minimum absolute atomic E-state index is 0.0741. The molecule has 2 aliphatic carbocycles. The molecule has 2 heterocycles. The lowest BCUT2D eigenvalue weighted by molar-refractivity contribution is 0.383. The summed E-state index contributed by atoms with van der Waals surface area (Å²) in [5.74, 6) is 0.295. The molecule has 7 aromatic rings. The first kappa shape index (κ1) is 35.5. The molecule has 282 valence electrons. The number of fused-ring (bicyclic) bond motifs is 8. The molecule has 2 aliphatic heterocycles. The monoisotopic (exact) mass is 860 g/mol. The van der Waals surface area contributed by atoms with Crippen LogP contribution in [0.25, 0.3) is 22.9 Å². The van der Waals surface area contributed by atoms with E-state index < -0.39 is 0 Å². The normalized spacial score (nSPS) is 20.0. The Labute approximate surface area is 356 Å². The van der Waals surface area contributed by atoms with E-state index in [1.807, 2.05) is 0 Å². The van der Waals surface area contributed by atoms with Crippen LogP contribution < -0.4 is 9.80 Å². The van der Waals surface area contributed by atoms with E-state index in [1.165, 1.54) is 89.4 Å². The number of nitrogens with zero attached hydrogens (tertiary/aromatic N) is 2. The van der Waals surface area contributed by atoms with Crippen LogP contribution >= 0.6 is 22.6 Å². The van der Waals surface area contributed by atoms with Crippen molar-refractivity contribution in [2.45, 2.75) is 48.4 Å². The molecule has 0 amide bonds. The summed E-state index contributed by atoms with van der Waals surface area (Å²) in [4.78, 5) is 5.02. The zero-order valence-electron chi connectivity index (χ0n) is 33.0. The molecule has 2 nitrogen and oxygen atoms in total. The van der Waals surface area contributed by atoms with Crippen molar-refractivity contribution in [3.8, 4) is 0 Å². The third-order valence-corrected chi connectivity index (χ3v) is 15.0. The van der Waals surface area contributed by atoms with Gasteiger partial charge in [0, 0.05) is 39.8 Å². The van der Waals surface area contributed by atoms with Crippen molar-refractivity contribution in [1.82, 2.24) is 0 Å². The van der Waals surface area contributed by atoms with Crippen LogP contribution in [-0.2, 0) is 34.5 Å². The van der Waals surface area contributed by atoms with Gasteiger partial charge in [-0.2, -0.15) is 0 Å². The summed E-state index contributed by atoms with van der Waals surface area (Å²) < 4.78 is -0.121. The molecule has 1 unspecified atom stereocenters. The Morgan fingerprint density at radius 2 is 1.03 bits per heavy atom. The van der Waals surface area contributed by atoms with Gasteiger partial charge in [0.25, 0.3) is 0 Å². The number of hydrogen-bond acceptors (Lipinski definition) is 2. The highest BCUT2D eigenvalue weighted by Gasteiger charge is 2.54. The molecule has 0 radical (unpaired) electrons. The highest BCUT2D eigenvalue weighted by molar-refractivity contribution is 14.1. The van der Waals surface area contributed by atoms with Gasteiger partial charge in [0.1, 0.15) is 0 Å². The molecule has 58 heavy (non-hydrogen) atoms. The van der Waals surface area contributed by atoms with Gasteiger partial charge in [-0.05, 0) is 117 Å². The maximum Gasteiger partial charge on any atom is 0.0728 e. The van der Waals surface area contributed by atoms with Crippen LogP contribution in [0.5, 0.6) is 0 Å². The molecule has 0 spiro atoms. The smallest absolute Gasteiger partial charge is 0.0728 e. The Bertz CT molecular complexity index is 2780. The predicted molar refractivity (Wildman–Crippen MR) is 253 cm³/mol. The first-order valence-corrected chi connectivity index (χ1v) is 21.8. The third-order valence-electron chi connectivity index (χ3n) is 13.4. The number of alkyl halides is 1. The third kappa shape index (κ3) is 5.57. The SMILES string of the molecule is CC1(C)c2cc(/C=C/c3ccc(N4c5ccccc5CCc5ccccc54)c4ccccc34)ccc2[C@@]2(I)C=CC(N3c4ccccc4CCc4ccccc43)=CC12. The van der Waals surface area contributed by atoms with E-state index in [1.54, 1.807) is 0 Å². The summed E-state index contributed by atoms with van der Waals surface area (Å²) in [6.07, 6.45) is 16.3. The second-order valence-electron chi connectivity index (χ2n) is 16.9. The van der Waals surface area contributed by atoms with Gasteiger partial charge >= 0.3 is 0 Å². The number of halogens is 1. The standard InChI is InChI=1S/C55H45IN2/c1-54(2)47-35-37(24-31-46(47)55(56)34-33-43(36-53(54)55)57-48-19-9-3-13-39(48)26-27-40-14-4-10-20-49(40)57)23-25-38-30-32-52(45-18-8-7-17-44(38)45)58-50-21-11-5-15-41(50)28-29-42-16-6-12-22-51(42)58/h3-25,30-36,53H,26-29H2,1-2H3/b25-23+/t53?,55-/m0/s1. The number of benzene rings is 7. The van der Waals surface area contributed by atoms with E-state index in [4.69, 9.17) is 0 Å². The number of allylic oxidation sites excluding steroid dienone is 3. The Morgan fingerprint density at radius 1 is 0.517 bits per heavy atom. The average Bonchev–Trinajstić information content (AvgIpc) is 3.42. The van der Waals surface area contributed by atoms with Crippen molar-refractivity contribution in [2.24, 2.45) is 5.92 Å². The first-order chi connectivity index (χ1) is 28.4. The fraction of sp³-hybridized carbons (Fsp3) is 0.164. The van der Waals surface area contributed by atoms with Crippen molar-refractivity contribution in [1.29, 1.82) is 0 Å². The average molecular weight is 861 g/mol. The van der Waals surface area contributed by atoms with Crippen LogP contribution in [0.15, 0.2) is 176 Å². The maximum atomic E-state index is 2.75. The van der Waals surface area contributed by atoms with Gasteiger partial charge in [-0.15, -0.1) is 0 Å². The van der Waals surface area contributed by atoms with Crippen LogP contribution in [-0.4, -0.2) is 0 Å². The van der Waals surface area contributed by atoms with Crippen LogP contribution in [0.1, 0.15) is 58.4 Å². The largest absolute Gasteiger partial charge is 0.310 e. The molecule has 0 N–H and O–H groups in total. The van der Waals surface area contributed by atoms with E-state index in [2.05, 4.69) is 228 Å². The molecule has 4 aliphatic rings. The Morgan fingerprint density at radius 3 is 1.62 bits per heavy atom. The van der Waals surface area contributed by atoms with Crippen LogP contribution in [0.2, 0.25) is 0 Å². The summed E-state index contributed by atoms with van der Waals surface area (Å²) >= 11 is 2.75. The minimum atomic E-state index is -0.121. The van der Waals surface area contributed by atoms with E-state index in [9.17, 15) is 0 Å². The molecule has 3 heteroatoms. The summed E-state index contributed by atoms with van der Waals surface area (Å²) in [5.41, 5.74) is 18.5. The lowest BCUT2D eigenvalue weighted by Crippen LogP contribution is -2.34. The van der Waals surface area contributed by atoms with Gasteiger partial charge in [-0.1, -0.05) is 182 Å². The molecule has 0 saturated heterocycles. The van der Waals surface area contributed by atoms with Crippen LogP contribution in [0.4, 0.5) is 28.4 Å². The number of anilines is 5. The molecule has 2 atom stereocenters. The topological polar surface area (TPSA) is 6.48 Å². The quantitative estimate of drug-likeness (QED) is 0.0988. The van der Waals surface area contributed by atoms with Crippen molar-refractivity contribution >= 4 is 74.0 Å². The van der Waals surface area contributed by atoms with Gasteiger partial charge in [0.2, 0.25) is 0 Å². The minimum Gasteiger partial charge on any atom is -0.310 e. The molecule has 0 bridgehead atoms. The first-order valence-electron chi connectivity index (χ1n) is 20.8. The Kier molecular flexibility index (Phi) is 8.41. The zero-order valence-corrected chi connectivity index (χ0v) is 35.2. The van der Waals surface area contributed by atoms with Gasteiger partial charge in [-0.25, -0.2) is 0 Å². The summed E-state index contributed by atoms with van der Waals surface area (Å²) in [6, 6.07) is 56.5. The summed E-state index contributed by atoms with van der Waals surface area (Å²) in [5, 5.41) is 2.51. The highest BCUT2D eigenvalue weighted by Crippen LogP contribution is 2.61. The van der Waals surface area contributed by atoms with E-state index in [0.717, 1.165) is 25.7 Å². The van der Waals surface area contributed by atoms with Crippen molar-refractivity contribution in [3.63, 3.8) is 0 Å². The fourth-order valence-electron chi connectivity index (χ4n) is 10.4. The van der Waals surface area contributed by atoms with Crippen LogP contribution in [0.3, 0.4) is 0 Å². The van der Waals surface area contributed by atoms with Crippen molar-refractivity contribution < 1.29 is 0 Å². The molecule has 0 saturated carbocycles. The molecule has 0 fully saturated rings. The van der Waals surface area contributed by atoms with E-state index >= 15 is 0 Å². The zero-order chi connectivity index (χ0) is 39.0. The van der Waals surface area contributed by atoms with Crippen molar-refractivity contribution in [2.75, 3.05) is 9.80 Å². The number of rotatable bonds is 4. The second kappa shape index (κ2) is 13.7. The molecule has 11 rings (SSSR count). The predicted octanol–water partition coefficient (Wildman–Crippen LogP) is 14.5. The molecular formula is C55H45IN2. The van der Waals surface area contributed by atoms with Gasteiger partial charge < -0.3 is 9.80 Å². The molecule has 7 aromatic carbocycles. The van der Waals surface area contributed by atoms with Crippen molar-refractivity contribution in [3.05, 3.63) is 220 Å². The number of aryl methyl sites for hydroxylation is 4. The Balaban J connectivity index is 0.954. The van der Waals surface area contributed by atoms with E-state index in [0.29, 0.717) is 5.92 Å². The number of hydrogen-bond donors (Lipinski definition) is 0. The Hall–Kier alpha value is -5.65. The summed E-state index contributed by atoms with van der Waals surface area (Å²) in [6.45, 7) is 4.90. The van der Waals surface area contributed by atoms with Gasteiger partial charge in [-0.3, -0.25) is 0 Å². The van der Waals surface area contributed by atoms with Gasteiger partial charge in [0.15, 0.2) is 0 Å². The van der Waals surface area contributed by atoms with Crippen LogP contribution in [0, 0.1) is 5.92 Å². The number of para-hydroxylation sites is 4. The highest BCUT2D eigenvalue weighted by atomic mass is 127. The summed E-state index contributed by atoms with van der Waals surface area (Å²) in [7, 11) is 0. The van der Waals surface area contributed by atoms with E-state index in [-0.39, 0.29) is 8.84 Å².